The summed E-state index contributed by atoms with van der Waals surface area (Å²) in [4.78, 5) is 12.7. The summed E-state index contributed by atoms with van der Waals surface area (Å²) >= 11 is 0. The molecule has 6 nitrogen and oxygen atoms in total. The van der Waals surface area contributed by atoms with Crippen molar-refractivity contribution in [2.45, 2.75) is 88.0 Å². The molecule has 5 atom stereocenters. The minimum absolute atomic E-state index is 0.0700. The maximum atomic E-state index is 13.4. The first-order valence-corrected chi connectivity index (χ1v) is 12.6. The van der Waals surface area contributed by atoms with Crippen molar-refractivity contribution in [1.29, 1.82) is 0 Å². The Kier molecular flexibility index (Phi) is 6.09. The van der Waals surface area contributed by atoms with Crippen LogP contribution in [0.4, 0.5) is 0 Å². The van der Waals surface area contributed by atoms with E-state index in [-0.39, 0.29) is 29.2 Å². The van der Waals surface area contributed by atoms with Crippen molar-refractivity contribution >= 4 is 15.9 Å². The third-order valence-corrected chi connectivity index (χ3v) is 9.73. The van der Waals surface area contributed by atoms with Gasteiger partial charge in [-0.05, 0) is 63.8 Å². The third-order valence-electron chi connectivity index (χ3n) is 7.35. The number of piperidine rings is 1. The molecule has 0 aromatic rings. The topological polar surface area (TPSA) is 78.5 Å². The second kappa shape index (κ2) is 8.37. The number of carbonyl (C=O) groups is 1. The zero-order valence-electron chi connectivity index (χ0n) is 16.4. The van der Waals surface area contributed by atoms with E-state index in [0.717, 1.165) is 58.0 Å². The summed E-state index contributed by atoms with van der Waals surface area (Å²) in [6.45, 7) is 2.55. The van der Waals surface area contributed by atoms with Crippen molar-refractivity contribution in [2.75, 3.05) is 19.6 Å². The normalized spacial score (nSPS) is 38.3. The van der Waals surface area contributed by atoms with Crippen LogP contribution in [0, 0.1) is 11.8 Å². The molecule has 1 amide bonds. The standard InChI is InChI=1S/C20H35N3O3S/c24-20(22-17-7-4-11-21-14-17)16-6-3-8-18(13-16)27(25,26)23-12-10-15-5-1-2-9-19(15)23/h15-19,21H,1-14H2,(H,22,24). The molecule has 2 aliphatic carbocycles. The van der Waals surface area contributed by atoms with Crippen LogP contribution in [0.15, 0.2) is 0 Å². The van der Waals surface area contributed by atoms with E-state index < -0.39 is 10.0 Å². The first kappa shape index (κ1) is 19.6. The van der Waals surface area contributed by atoms with Crippen molar-refractivity contribution in [3.63, 3.8) is 0 Å². The maximum Gasteiger partial charge on any atom is 0.223 e. The summed E-state index contributed by atoms with van der Waals surface area (Å²) in [6.07, 6.45) is 10.6. The van der Waals surface area contributed by atoms with Crippen LogP contribution in [-0.4, -0.2) is 55.6 Å². The monoisotopic (exact) mass is 397 g/mol. The van der Waals surface area contributed by atoms with Crippen molar-refractivity contribution in [2.24, 2.45) is 11.8 Å². The Bertz CT molecular complexity index is 632. The molecule has 4 aliphatic rings. The van der Waals surface area contributed by atoms with Crippen LogP contribution in [0.1, 0.15) is 70.6 Å². The predicted molar refractivity (Wildman–Crippen MR) is 106 cm³/mol. The molecule has 0 aromatic heterocycles. The zero-order valence-corrected chi connectivity index (χ0v) is 17.2. The fourth-order valence-corrected chi connectivity index (χ4v) is 8.16. The van der Waals surface area contributed by atoms with Gasteiger partial charge in [-0.15, -0.1) is 0 Å². The van der Waals surface area contributed by atoms with E-state index in [4.69, 9.17) is 0 Å². The molecule has 4 fully saturated rings. The number of nitrogens with one attached hydrogen (secondary N) is 2. The molecule has 0 spiro atoms. The molecule has 7 heteroatoms. The van der Waals surface area contributed by atoms with Crippen LogP contribution in [0.5, 0.6) is 0 Å². The predicted octanol–water partition coefficient (Wildman–Crippen LogP) is 2.01. The molecule has 2 saturated heterocycles. The van der Waals surface area contributed by atoms with Crippen LogP contribution in [-0.2, 0) is 14.8 Å². The molecule has 2 heterocycles. The molecule has 0 aromatic carbocycles. The summed E-state index contributed by atoms with van der Waals surface area (Å²) in [5, 5.41) is 6.12. The van der Waals surface area contributed by atoms with Gasteiger partial charge in [-0.1, -0.05) is 19.3 Å². The number of carbonyl (C=O) groups excluding carboxylic acids is 1. The molecule has 154 valence electrons. The quantitative estimate of drug-likeness (QED) is 0.761. The van der Waals surface area contributed by atoms with E-state index in [1.165, 1.54) is 12.8 Å². The van der Waals surface area contributed by atoms with E-state index >= 15 is 0 Å². The van der Waals surface area contributed by atoms with Gasteiger partial charge in [0.1, 0.15) is 0 Å². The molecule has 0 bridgehead atoms. The Morgan fingerprint density at radius 3 is 2.63 bits per heavy atom. The van der Waals surface area contributed by atoms with Gasteiger partial charge in [0.2, 0.25) is 15.9 Å². The van der Waals surface area contributed by atoms with Gasteiger partial charge in [-0.25, -0.2) is 8.42 Å². The summed E-state index contributed by atoms with van der Waals surface area (Å²) in [7, 11) is -3.29. The minimum atomic E-state index is -3.29. The molecule has 4 rings (SSSR count). The van der Waals surface area contributed by atoms with Crippen molar-refractivity contribution in [3.05, 3.63) is 0 Å². The number of amides is 1. The smallest absolute Gasteiger partial charge is 0.223 e. The van der Waals surface area contributed by atoms with Crippen molar-refractivity contribution < 1.29 is 13.2 Å². The first-order valence-electron chi connectivity index (χ1n) is 11.1. The van der Waals surface area contributed by atoms with Gasteiger partial charge in [-0.3, -0.25) is 4.79 Å². The van der Waals surface area contributed by atoms with Crippen molar-refractivity contribution in [1.82, 2.24) is 14.9 Å². The molecular weight excluding hydrogens is 362 g/mol. The van der Waals surface area contributed by atoms with E-state index in [2.05, 4.69) is 10.6 Å². The lowest BCUT2D eigenvalue weighted by Crippen LogP contribution is -2.50. The molecule has 0 radical (unpaired) electrons. The highest BCUT2D eigenvalue weighted by molar-refractivity contribution is 7.89. The van der Waals surface area contributed by atoms with Crippen LogP contribution in [0.25, 0.3) is 0 Å². The van der Waals surface area contributed by atoms with Gasteiger partial charge in [0.25, 0.3) is 0 Å². The number of rotatable bonds is 4. The molecule has 2 aliphatic heterocycles. The second-order valence-corrected chi connectivity index (χ2v) is 11.3. The number of nitrogens with zero attached hydrogens (tertiary/aromatic N) is 1. The second-order valence-electron chi connectivity index (χ2n) is 9.09. The largest absolute Gasteiger partial charge is 0.352 e. The fraction of sp³-hybridized carbons (Fsp3) is 0.950. The first-order chi connectivity index (χ1) is 13.1. The summed E-state index contributed by atoms with van der Waals surface area (Å²) in [6, 6.07) is 0.427. The number of sulfonamides is 1. The van der Waals surface area contributed by atoms with Gasteiger partial charge in [-0.2, -0.15) is 4.31 Å². The Hall–Kier alpha value is -0.660. The highest BCUT2D eigenvalue weighted by Gasteiger charge is 2.46. The molecular formula is C20H35N3O3S. The maximum absolute atomic E-state index is 13.4. The van der Waals surface area contributed by atoms with E-state index in [9.17, 15) is 13.2 Å². The van der Waals surface area contributed by atoms with E-state index in [0.29, 0.717) is 25.3 Å². The summed E-state index contributed by atoms with van der Waals surface area (Å²) in [5.74, 6) is 0.487. The Morgan fingerprint density at radius 2 is 1.81 bits per heavy atom. The lowest BCUT2D eigenvalue weighted by Gasteiger charge is -2.36. The average Bonchev–Trinajstić information content (AvgIpc) is 3.14. The number of fused-ring (bicyclic) bond motifs is 1. The van der Waals surface area contributed by atoms with Gasteiger partial charge < -0.3 is 10.6 Å². The minimum Gasteiger partial charge on any atom is -0.352 e. The highest BCUT2D eigenvalue weighted by Crippen LogP contribution is 2.40. The Labute approximate surface area is 163 Å². The fourth-order valence-electron chi connectivity index (χ4n) is 5.82. The van der Waals surface area contributed by atoms with Gasteiger partial charge in [0.05, 0.1) is 5.25 Å². The highest BCUT2D eigenvalue weighted by atomic mass is 32.2. The van der Waals surface area contributed by atoms with Gasteiger partial charge >= 0.3 is 0 Å². The number of hydrogen-bond donors (Lipinski definition) is 2. The average molecular weight is 398 g/mol. The van der Waals surface area contributed by atoms with Crippen molar-refractivity contribution in [3.8, 4) is 0 Å². The van der Waals surface area contributed by atoms with Crippen LogP contribution >= 0.6 is 0 Å². The SMILES string of the molecule is O=C(NC1CCCNC1)C1CCCC(S(=O)(=O)N2CCC3CCCCC32)C1. The summed E-state index contributed by atoms with van der Waals surface area (Å²) in [5.41, 5.74) is 0. The lowest BCUT2D eigenvalue weighted by atomic mass is 9.86. The third kappa shape index (κ3) is 4.20. The van der Waals surface area contributed by atoms with Crippen LogP contribution in [0.3, 0.4) is 0 Å². The van der Waals surface area contributed by atoms with Gasteiger partial charge in [0, 0.05) is 31.1 Å². The summed E-state index contributed by atoms with van der Waals surface area (Å²) < 4.78 is 28.6. The van der Waals surface area contributed by atoms with Gasteiger partial charge in [0.15, 0.2) is 0 Å². The molecule has 2 saturated carbocycles. The molecule has 27 heavy (non-hydrogen) atoms. The molecule has 5 unspecified atom stereocenters. The van der Waals surface area contributed by atoms with Crippen LogP contribution < -0.4 is 10.6 Å². The van der Waals surface area contributed by atoms with Crippen LogP contribution in [0.2, 0.25) is 0 Å². The number of hydrogen-bond acceptors (Lipinski definition) is 4. The molecule has 2 N–H and O–H groups in total. The van der Waals surface area contributed by atoms with E-state index in [1.54, 1.807) is 0 Å². The zero-order chi connectivity index (χ0) is 18.9. The Morgan fingerprint density at radius 1 is 0.963 bits per heavy atom. The Balaban J connectivity index is 1.39. The van der Waals surface area contributed by atoms with E-state index in [1.807, 2.05) is 4.31 Å². The lowest BCUT2D eigenvalue weighted by molar-refractivity contribution is -0.126.